The van der Waals surface area contributed by atoms with Crippen LogP contribution in [0.2, 0.25) is 0 Å². The molecule has 0 atom stereocenters. The maximum atomic E-state index is 8.92. The van der Waals surface area contributed by atoms with E-state index < -0.39 is 0 Å². The van der Waals surface area contributed by atoms with Crippen LogP contribution < -0.4 is 10.5 Å². The van der Waals surface area contributed by atoms with E-state index in [2.05, 4.69) is 4.98 Å². The van der Waals surface area contributed by atoms with Crippen LogP contribution in [-0.2, 0) is 0 Å². The summed E-state index contributed by atoms with van der Waals surface area (Å²) in [6.45, 7) is 5.94. The second-order valence-electron chi connectivity index (χ2n) is 2.96. The summed E-state index contributed by atoms with van der Waals surface area (Å²) >= 11 is 0. The van der Waals surface area contributed by atoms with Gasteiger partial charge in [0.2, 0.25) is 5.88 Å². The molecule has 0 unspecified atom stereocenters. The fraction of sp³-hybridized carbons (Fsp3) is 0.400. The van der Waals surface area contributed by atoms with Gasteiger partial charge in [0.25, 0.3) is 0 Å². The standard InChI is InChI=1S/C10H13N3O/c1-4-14-10-8(5-11)6(2)9(12)7(3)13-10/h4,12H2,1-3H3. The van der Waals surface area contributed by atoms with Crippen molar-refractivity contribution in [2.45, 2.75) is 20.8 Å². The highest BCUT2D eigenvalue weighted by molar-refractivity contribution is 5.60. The van der Waals surface area contributed by atoms with E-state index in [1.165, 1.54) is 0 Å². The zero-order valence-corrected chi connectivity index (χ0v) is 8.59. The lowest BCUT2D eigenvalue weighted by Crippen LogP contribution is -2.05. The van der Waals surface area contributed by atoms with Crippen molar-refractivity contribution in [1.82, 2.24) is 4.98 Å². The van der Waals surface area contributed by atoms with Crippen LogP contribution in [0.4, 0.5) is 5.69 Å². The van der Waals surface area contributed by atoms with Crippen molar-refractivity contribution in [3.05, 3.63) is 16.8 Å². The van der Waals surface area contributed by atoms with E-state index in [9.17, 15) is 0 Å². The molecule has 14 heavy (non-hydrogen) atoms. The van der Waals surface area contributed by atoms with E-state index in [0.717, 1.165) is 5.56 Å². The number of pyridine rings is 1. The molecule has 0 bridgehead atoms. The molecule has 1 aromatic rings. The Morgan fingerprint density at radius 3 is 2.64 bits per heavy atom. The lowest BCUT2D eigenvalue weighted by Gasteiger charge is -2.10. The van der Waals surface area contributed by atoms with Gasteiger partial charge in [-0.1, -0.05) is 0 Å². The largest absolute Gasteiger partial charge is 0.477 e. The number of aryl methyl sites for hydroxylation is 1. The summed E-state index contributed by atoms with van der Waals surface area (Å²) in [4.78, 5) is 4.12. The van der Waals surface area contributed by atoms with Crippen LogP contribution >= 0.6 is 0 Å². The number of anilines is 1. The number of ether oxygens (including phenoxy) is 1. The first-order valence-corrected chi connectivity index (χ1v) is 4.41. The van der Waals surface area contributed by atoms with Gasteiger partial charge in [0.05, 0.1) is 18.0 Å². The van der Waals surface area contributed by atoms with Crippen molar-refractivity contribution in [3.8, 4) is 11.9 Å². The molecule has 2 N–H and O–H groups in total. The quantitative estimate of drug-likeness (QED) is 0.769. The van der Waals surface area contributed by atoms with Crippen LogP contribution in [0, 0.1) is 25.2 Å². The van der Waals surface area contributed by atoms with E-state index in [0.29, 0.717) is 29.4 Å². The van der Waals surface area contributed by atoms with Gasteiger partial charge in [-0.05, 0) is 26.3 Å². The van der Waals surface area contributed by atoms with Crippen LogP contribution in [0.1, 0.15) is 23.7 Å². The molecule has 1 aromatic heterocycles. The Balaban J connectivity index is 3.38. The van der Waals surface area contributed by atoms with Gasteiger partial charge < -0.3 is 10.5 Å². The normalized spacial score (nSPS) is 9.57. The molecule has 0 amide bonds. The minimum atomic E-state index is 0.374. The Bertz CT molecular complexity index is 393. The van der Waals surface area contributed by atoms with Gasteiger partial charge in [0, 0.05) is 0 Å². The second kappa shape index (κ2) is 3.97. The van der Waals surface area contributed by atoms with Crippen molar-refractivity contribution < 1.29 is 4.74 Å². The SMILES string of the molecule is CCOc1nc(C)c(N)c(C)c1C#N. The van der Waals surface area contributed by atoms with Crippen molar-refractivity contribution in [1.29, 1.82) is 5.26 Å². The molecule has 0 spiro atoms. The number of nitrogens with two attached hydrogens (primary N) is 1. The minimum Gasteiger partial charge on any atom is -0.477 e. The van der Waals surface area contributed by atoms with Crippen LogP contribution in [-0.4, -0.2) is 11.6 Å². The van der Waals surface area contributed by atoms with Crippen LogP contribution in [0.3, 0.4) is 0 Å². The lowest BCUT2D eigenvalue weighted by molar-refractivity contribution is 0.325. The van der Waals surface area contributed by atoms with E-state index >= 15 is 0 Å². The molecule has 1 rings (SSSR count). The first-order chi connectivity index (χ1) is 6.61. The molecule has 0 saturated heterocycles. The summed E-state index contributed by atoms with van der Waals surface area (Å²) in [7, 11) is 0. The topological polar surface area (TPSA) is 71.9 Å². The molecule has 0 fully saturated rings. The first-order valence-electron chi connectivity index (χ1n) is 4.41. The van der Waals surface area contributed by atoms with Gasteiger partial charge in [-0.2, -0.15) is 5.26 Å². The predicted octanol–water partition coefficient (Wildman–Crippen LogP) is 1.55. The Morgan fingerprint density at radius 2 is 2.14 bits per heavy atom. The third-order valence-electron chi connectivity index (χ3n) is 2.04. The maximum Gasteiger partial charge on any atom is 0.232 e. The second-order valence-corrected chi connectivity index (χ2v) is 2.96. The molecule has 0 saturated carbocycles. The summed E-state index contributed by atoms with van der Waals surface area (Å²) in [5, 5.41) is 8.92. The van der Waals surface area contributed by atoms with Gasteiger partial charge in [-0.15, -0.1) is 0 Å². The Kier molecular flexibility index (Phi) is 2.92. The summed E-state index contributed by atoms with van der Waals surface area (Å²) < 4.78 is 5.26. The predicted molar refractivity (Wildman–Crippen MR) is 54.0 cm³/mol. The number of aromatic nitrogens is 1. The average Bonchev–Trinajstić information content (AvgIpc) is 2.16. The Hall–Kier alpha value is -1.76. The zero-order chi connectivity index (χ0) is 10.7. The first kappa shape index (κ1) is 10.3. The fourth-order valence-corrected chi connectivity index (χ4v) is 1.21. The molecule has 0 radical (unpaired) electrons. The number of nitriles is 1. The van der Waals surface area contributed by atoms with E-state index in [4.69, 9.17) is 15.7 Å². The number of rotatable bonds is 2. The zero-order valence-electron chi connectivity index (χ0n) is 8.59. The smallest absolute Gasteiger partial charge is 0.232 e. The van der Waals surface area contributed by atoms with Gasteiger partial charge in [0.1, 0.15) is 11.6 Å². The highest BCUT2D eigenvalue weighted by Crippen LogP contribution is 2.25. The molecule has 74 valence electrons. The van der Waals surface area contributed by atoms with Crippen LogP contribution in [0.5, 0.6) is 5.88 Å². The molecule has 0 aliphatic heterocycles. The van der Waals surface area contributed by atoms with Gasteiger partial charge >= 0.3 is 0 Å². The van der Waals surface area contributed by atoms with Crippen LogP contribution in [0.25, 0.3) is 0 Å². The van der Waals surface area contributed by atoms with Crippen LogP contribution in [0.15, 0.2) is 0 Å². The van der Waals surface area contributed by atoms with Crippen molar-refractivity contribution in [2.24, 2.45) is 0 Å². The summed E-state index contributed by atoms with van der Waals surface area (Å²) in [6, 6.07) is 2.05. The number of hydrogen-bond donors (Lipinski definition) is 1. The lowest BCUT2D eigenvalue weighted by atomic mass is 10.1. The van der Waals surface area contributed by atoms with Gasteiger partial charge in [-0.25, -0.2) is 4.98 Å². The molecule has 4 heteroatoms. The number of hydrogen-bond acceptors (Lipinski definition) is 4. The third kappa shape index (κ3) is 1.62. The minimum absolute atomic E-state index is 0.374. The third-order valence-corrected chi connectivity index (χ3v) is 2.04. The Labute approximate surface area is 83.3 Å². The molecule has 1 heterocycles. The molecule has 0 aromatic carbocycles. The fourth-order valence-electron chi connectivity index (χ4n) is 1.21. The molecular formula is C10H13N3O. The number of nitrogens with zero attached hydrogens (tertiary/aromatic N) is 2. The highest BCUT2D eigenvalue weighted by atomic mass is 16.5. The molecule has 0 aliphatic rings. The number of nitrogen functional groups attached to an aromatic ring is 1. The van der Waals surface area contributed by atoms with E-state index in [1.807, 2.05) is 13.0 Å². The van der Waals surface area contributed by atoms with Gasteiger partial charge in [-0.3, -0.25) is 0 Å². The van der Waals surface area contributed by atoms with Crippen molar-refractivity contribution in [3.63, 3.8) is 0 Å². The monoisotopic (exact) mass is 191 g/mol. The van der Waals surface area contributed by atoms with Gasteiger partial charge in [0.15, 0.2) is 0 Å². The van der Waals surface area contributed by atoms with E-state index in [-0.39, 0.29) is 0 Å². The summed E-state index contributed by atoms with van der Waals surface area (Å²) in [6.07, 6.45) is 0. The molecule has 4 nitrogen and oxygen atoms in total. The summed E-state index contributed by atoms with van der Waals surface area (Å²) in [5.74, 6) is 0.374. The van der Waals surface area contributed by atoms with Crippen molar-refractivity contribution in [2.75, 3.05) is 12.3 Å². The molecular weight excluding hydrogens is 178 g/mol. The van der Waals surface area contributed by atoms with E-state index in [1.54, 1.807) is 13.8 Å². The Morgan fingerprint density at radius 1 is 1.50 bits per heavy atom. The molecule has 0 aliphatic carbocycles. The van der Waals surface area contributed by atoms with Crippen molar-refractivity contribution >= 4 is 5.69 Å². The maximum absolute atomic E-state index is 8.92. The summed E-state index contributed by atoms with van der Waals surface area (Å²) in [5.41, 5.74) is 8.18. The highest BCUT2D eigenvalue weighted by Gasteiger charge is 2.13. The average molecular weight is 191 g/mol.